The van der Waals surface area contributed by atoms with Gasteiger partial charge < -0.3 is 5.32 Å². The van der Waals surface area contributed by atoms with E-state index in [1.54, 1.807) is 6.20 Å². The highest BCUT2D eigenvalue weighted by molar-refractivity contribution is 7.98. The van der Waals surface area contributed by atoms with Crippen molar-refractivity contribution in [1.82, 2.24) is 15.5 Å². The van der Waals surface area contributed by atoms with Crippen molar-refractivity contribution in [1.29, 1.82) is 0 Å². The number of aromatic amines is 1. The van der Waals surface area contributed by atoms with E-state index in [0.717, 1.165) is 18.8 Å². The van der Waals surface area contributed by atoms with E-state index in [2.05, 4.69) is 21.8 Å². The lowest BCUT2D eigenvalue weighted by Gasteiger charge is -2.02. The molecule has 0 saturated carbocycles. The summed E-state index contributed by atoms with van der Waals surface area (Å²) < 4.78 is 0. The third-order valence-corrected chi connectivity index (χ3v) is 3.02. The van der Waals surface area contributed by atoms with Crippen LogP contribution >= 0.6 is 11.8 Å². The molecule has 1 aromatic heterocycles. The van der Waals surface area contributed by atoms with Gasteiger partial charge in [-0.3, -0.25) is 5.10 Å². The van der Waals surface area contributed by atoms with Gasteiger partial charge in [-0.25, -0.2) is 0 Å². The molecule has 0 spiro atoms. The van der Waals surface area contributed by atoms with E-state index in [1.807, 2.05) is 17.8 Å². The number of hydrogen-bond acceptors (Lipinski definition) is 3. The number of thioether (sulfide) groups is 1. The molecule has 0 fully saturated rings. The van der Waals surface area contributed by atoms with Crippen LogP contribution in [0, 0.1) is 0 Å². The summed E-state index contributed by atoms with van der Waals surface area (Å²) in [5.74, 6) is 1.31. The normalized spacial score (nSPS) is 10.7. The largest absolute Gasteiger partial charge is 0.311 e. The van der Waals surface area contributed by atoms with Gasteiger partial charge in [-0.2, -0.15) is 16.9 Å². The van der Waals surface area contributed by atoms with Crippen molar-refractivity contribution in [2.75, 3.05) is 18.6 Å². The number of nitrogens with one attached hydrogen (secondary N) is 2. The Hall–Kier alpha value is -0.480. The van der Waals surface area contributed by atoms with Crippen molar-refractivity contribution >= 4 is 11.8 Å². The SMILES string of the molecule is CSCCCCCCNCc1ccn[nH]1. The Balaban J connectivity index is 1.81. The van der Waals surface area contributed by atoms with E-state index in [-0.39, 0.29) is 0 Å². The van der Waals surface area contributed by atoms with E-state index in [4.69, 9.17) is 0 Å². The van der Waals surface area contributed by atoms with E-state index in [0.29, 0.717) is 0 Å². The van der Waals surface area contributed by atoms with Gasteiger partial charge in [-0.05, 0) is 37.5 Å². The summed E-state index contributed by atoms with van der Waals surface area (Å²) in [7, 11) is 0. The van der Waals surface area contributed by atoms with Crippen LogP contribution in [0.25, 0.3) is 0 Å². The number of aromatic nitrogens is 2. The first-order valence-corrected chi connectivity index (χ1v) is 7.01. The minimum Gasteiger partial charge on any atom is -0.311 e. The summed E-state index contributed by atoms with van der Waals surface area (Å²) in [6, 6.07) is 2.01. The van der Waals surface area contributed by atoms with E-state index >= 15 is 0 Å². The number of rotatable bonds is 9. The Morgan fingerprint density at radius 3 is 2.93 bits per heavy atom. The molecule has 1 rings (SSSR count). The third-order valence-electron chi connectivity index (χ3n) is 2.33. The Bertz CT molecular complexity index is 224. The first kappa shape index (κ1) is 12.6. The Labute approximate surface area is 96.4 Å². The van der Waals surface area contributed by atoms with Gasteiger partial charge in [-0.15, -0.1) is 0 Å². The highest BCUT2D eigenvalue weighted by Gasteiger charge is 1.93. The summed E-state index contributed by atoms with van der Waals surface area (Å²) in [5.41, 5.74) is 1.16. The molecule has 0 atom stereocenters. The molecule has 86 valence electrons. The molecule has 0 aliphatic carbocycles. The van der Waals surface area contributed by atoms with Crippen LogP contribution in [0.4, 0.5) is 0 Å². The number of hydrogen-bond donors (Lipinski definition) is 2. The molecule has 3 nitrogen and oxygen atoms in total. The third kappa shape index (κ3) is 6.57. The molecule has 1 aromatic rings. The molecular formula is C11H21N3S. The predicted octanol–water partition coefficient (Wildman–Crippen LogP) is 2.42. The molecule has 0 radical (unpaired) electrons. The number of H-pyrrole nitrogens is 1. The minimum absolute atomic E-state index is 0.908. The molecule has 0 unspecified atom stereocenters. The van der Waals surface area contributed by atoms with Gasteiger partial charge in [0.2, 0.25) is 0 Å². The second-order valence-corrected chi connectivity index (χ2v) is 4.65. The molecule has 0 amide bonds. The zero-order chi connectivity index (χ0) is 10.8. The van der Waals surface area contributed by atoms with Gasteiger partial charge >= 0.3 is 0 Å². The first-order valence-electron chi connectivity index (χ1n) is 5.61. The van der Waals surface area contributed by atoms with Crippen molar-refractivity contribution in [2.24, 2.45) is 0 Å². The van der Waals surface area contributed by atoms with Crippen molar-refractivity contribution in [2.45, 2.75) is 32.2 Å². The summed E-state index contributed by atoms with van der Waals surface area (Å²) in [6.07, 6.45) is 9.32. The topological polar surface area (TPSA) is 40.7 Å². The average molecular weight is 227 g/mol. The summed E-state index contributed by atoms with van der Waals surface area (Å²) in [5, 5.41) is 10.2. The molecule has 2 N–H and O–H groups in total. The molecule has 1 heterocycles. The van der Waals surface area contributed by atoms with Crippen molar-refractivity contribution in [3.8, 4) is 0 Å². The standard InChI is InChI=1S/C11H21N3S/c1-15-9-5-3-2-4-7-12-10-11-6-8-13-14-11/h6,8,12H,2-5,7,9-10H2,1H3,(H,13,14). The summed E-state index contributed by atoms with van der Waals surface area (Å²) in [4.78, 5) is 0. The van der Waals surface area contributed by atoms with E-state index < -0.39 is 0 Å². The van der Waals surface area contributed by atoms with Crippen LogP contribution in [-0.2, 0) is 6.54 Å². The lowest BCUT2D eigenvalue weighted by Crippen LogP contribution is -2.14. The lowest BCUT2D eigenvalue weighted by atomic mass is 10.2. The molecule has 0 aliphatic heterocycles. The van der Waals surface area contributed by atoms with Crippen molar-refractivity contribution < 1.29 is 0 Å². The van der Waals surface area contributed by atoms with Crippen LogP contribution < -0.4 is 5.32 Å². The molecule has 0 saturated heterocycles. The zero-order valence-corrected chi connectivity index (χ0v) is 10.3. The van der Waals surface area contributed by atoms with Crippen molar-refractivity contribution in [3.63, 3.8) is 0 Å². The number of nitrogens with zero attached hydrogens (tertiary/aromatic N) is 1. The Morgan fingerprint density at radius 1 is 1.33 bits per heavy atom. The second-order valence-electron chi connectivity index (χ2n) is 3.67. The lowest BCUT2D eigenvalue weighted by molar-refractivity contribution is 0.594. The maximum Gasteiger partial charge on any atom is 0.0490 e. The fourth-order valence-corrected chi connectivity index (χ4v) is 1.95. The molecule has 15 heavy (non-hydrogen) atoms. The van der Waals surface area contributed by atoms with Gasteiger partial charge in [0.15, 0.2) is 0 Å². The highest BCUT2D eigenvalue weighted by atomic mass is 32.2. The molecule has 0 aliphatic rings. The van der Waals surface area contributed by atoms with Crippen LogP contribution in [0.2, 0.25) is 0 Å². The first-order chi connectivity index (χ1) is 7.43. The predicted molar refractivity (Wildman–Crippen MR) is 67.1 cm³/mol. The highest BCUT2D eigenvalue weighted by Crippen LogP contribution is 2.03. The van der Waals surface area contributed by atoms with Crippen LogP contribution in [0.15, 0.2) is 12.3 Å². The fraction of sp³-hybridized carbons (Fsp3) is 0.727. The molecule has 4 heteroatoms. The zero-order valence-electron chi connectivity index (χ0n) is 9.46. The maximum atomic E-state index is 3.90. The van der Waals surface area contributed by atoms with Gasteiger partial charge in [0.25, 0.3) is 0 Å². The second kappa shape index (κ2) is 8.80. The quantitative estimate of drug-likeness (QED) is 0.637. The van der Waals surface area contributed by atoms with Crippen LogP contribution in [0.1, 0.15) is 31.4 Å². The Morgan fingerprint density at radius 2 is 2.20 bits per heavy atom. The smallest absolute Gasteiger partial charge is 0.0490 e. The molecular weight excluding hydrogens is 206 g/mol. The fourth-order valence-electron chi connectivity index (χ4n) is 1.46. The van der Waals surface area contributed by atoms with Gasteiger partial charge in [0.05, 0.1) is 0 Å². The number of unbranched alkanes of at least 4 members (excludes halogenated alkanes) is 3. The van der Waals surface area contributed by atoms with Crippen LogP contribution in [0.3, 0.4) is 0 Å². The van der Waals surface area contributed by atoms with Gasteiger partial charge in [-0.1, -0.05) is 12.8 Å². The van der Waals surface area contributed by atoms with Gasteiger partial charge in [0, 0.05) is 18.4 Å². The van der Waals surface area contributed by atoms with Crippen LogP contribution in [-0.4, -0.2) is 28.8 Å². The molecule has 0 aromatic carbocycles. The van der Waals surface area contributed by atoms with E-state index in [9.17, 15) is 0 Å². The van der Waals surface area contributed by atoms with E-state index in [1.165, 1.54) is 31.4 Å². The summed E-state index contributed by atoms with van der Waals surface area (Å²) >= 11 is 1.94. The maximum absolute atomic E-state index is 3.90. The molecule has 0 bridgehead atoms. The van der Waals surface area contributed by atoms with Crippen molar-refractivity contribution in [3.05, 3.63) is 18.0 Å². The minimum atomic E-state index is 0.908. The monoisotopic (exact) mass is 227 g/mol. The van der Waals surface area contributed by atoms with Gasteiger partial charge in [0.1, 0.15) is 0 Å². The summed E-state index contributed by atoms with van der Waals surface area (Å²) in [6.45, 7) is 2.02. The Kier molecular flexibility index (Phi) is 7.38. The average Bonchev–Trinajstić information content (AvgIpc) is 2.75. The van der Waals surface area contributed by atoms with Crippen LogP contribution in [0.5, 0.6) is 0 Å².